The highest BCUT2D eigenvalue weighted by molar-refractivity contribution is 9.10. The first-order chi connectivity index (χ1) is 8.83. The zero-order chi connectivity index (χ0) is 13.1. The monoisotopic (exact) mass is 317 g/mol. The van der Waals surface area contributed by atoms with Gasteiger partial charge in [-0.1, -0.05) is 22.0 Å². The lowest BCUT2D eigenvalue weighted by molar-refractivity contribution is 0.0906. The third kappa shape index (κ3) is 7.66. The minimum absolute atomic E-state index is 0.0912. The normalized spacial score (nSPS) is 10.6. The molecule has 18 heavy (non-hydrogen) atoms. The van der Waals surface area contributed by atoms with Crippen LogP contribution in [0.3, 0.4) is 0 Å². The van der Waals surface area contributed by atoms with E-state index in [4.69, 9.17) is 14.6 Å². The number of halogens is 1. The molecule has 102 valence electrons. The molecule has 0 aliphatic heterocycles. The van der Waals surface area contributed by atoms with Gasteiger partial charge in [-0.3, -0.25) is 0 Å². The lowest BCUT2D eigenvalue weighted by atomic mass is 10.3. The Morgan fingerprint density at radius 1 is 1.17 bits per heavy atom. The zero-order valence-corrected chi connectivity index (χ0v) is 12.0. The summed E-state index contributed by atoms with van der Waals surface area (Å²) in [5, 5.41) is 11.8. The molecular formula is C13H20BrNO3. The van der Waals surface area contributed by atoms with Gasteiger partial charge >= 0.3 is 0 Å². The molecule has 0 spiro atoms. The Morgan fingerprint density at radius 2 is 2.06 bits per heavy atom. The molecule has 5 heteroatoms. The van der Waals surface area contributed by atoms with E-state index in [-0.39, 0.29) is 6.61 Å². The summed E-state index contributed by atoms with van der Waals surface area (Å²) < 4.78 is 11.7. The summed E-state index contributed by atoms with van der Waals surface area (Å²) >= 11 is 3.40. The molecule has 0 radical (unpaired) electrons. The second-order valence-corrected chi connectivity index (χ2v) is 4.66. The van der Waals surface area contributed by atoms with Gasteiger partial charge in [-0.15, -0.1) is 0 Å². The highest BCUT2D eigenvalue weighted by atomic mass is 79.9. The van der Waals surface area contributed by atoms with Crippen molar-refractivity contribution in [2.75, 3.05) is 39.5 Å². The van der Waals surface area contributed by atoms with E-state index in [1.807, 2.05) is 24.3 Å². The molecule has 0 saturated carbocycles. The zero-order valence-electron chi connectivity index (χ0n) is 10.4. The molecule has 1 rings (SSSR count). The molecule has 1 aromatic rings. The number of aliphatic hydroxyl groups is 1. The molecule has 0 aliphatic rings. The number of benzene rings is 1. The number of ether oxygens (including phenoxy) is 2. The van der Waals surface area contributed by atoms with Crippen molar-refractivity contribution in [1.29, 1.82) is 0 Å². The van der Waals surface area contributed by atoms with E-state index < -0.39 is 0 Å². The van der Waals surface area contributed by atoms with E-state index in [1.165, 1.54) is 0 Å². The number of hydrogen-bond acceptors (Lipinski definition) is 4. The summed E-state index contributed by atoms with van der Waals surface area (Å²) in [4.78, 5) is 0. The first-order valence-corrected chi connectivity index (χ1v) is 6.90. The number of hydrogen-bond donors (Lipinski definition) is 2. The quantitative estimate of drug-likeness (QED) is 0.646. The number of rotatable bonds is 10. The fraction of sp³-hybridized carbons (Fsp3) is 0.538. The van der Waals surface area contributed by atoms with Gasteiger partial charge in [0, 0.05) is 17.6 Å². The van der Waals surface area contributed by atoms with Crippen molar-refractivity contribution in [3.8, 4) is 5.75 Å². The van der Waals surface area contributed by atoms with Gasteiger partial charge < -0.3 is 19.9 Å². The van der Waals surface area contributed by atoms with Gasteiger partial charge in [0.2, 0.25) is 0 Å². The van der Waals surface area contributed by atoms with Crippen LogP contribution in [0, 0.1) is 0 Å². The Morgan fingerprint density at radius 3 is 2.83 bits per heavy atom. The molecule has 0 saturated heterocycles. The van der Waals surface area contributed by atoms with Crippen molar-refractivity contribution >= 4 is 15.9 Å². The van der Waals surface area contributed by atoms with Gasteiger partial charge in [0.25, 0.3) is 0 Å². The SMILES string of the molecule is OCCOCCCNCCOc1cccc(Br)c1. The highest BCUT2D eigenvalue weighted by Gasteiger charge is 1.94. The molecule has 0 unspecified atom stereocenters. The van der Waals surface area contributed by atoms with E-state index in [0.29, 0.717) is 19.8 Å². The van der Waals surface area contributed by atoms with Crippen LogP contribution in [0.15, 0.2) is 28.7 Å². The number of aliphatic hydroxyl groups excluding tert-OH is 1. The van der Waals surface area contributed by atoms with Crippen LogP contribution in [0.4, 0.5) is 0 Å². The van der Waals surface area contributed by atoms with Gasteiger partial charge in [-0.25, -0.2) is 0 Å². The topological polar surface area (TPSA) is 50.7 Å². The van der Waals surface area contributed by atoms with Crippen molar-refractivity contribution in [3.63, 3.8) is 0 Å². The Bertz CT molecular complexity index is 323. The second-order valence-electron chi connectivity index (χ2n) is 3.75. The predicted molar refractivity (Wildman–Crippen MR) is 75.0 cm³/mol. The second kappa shape index (κ2) is 10.3. The van der Waals surface area contributed by atoms with E-state index in [9.17, 15) is 0 Å². The molecule has 2 N–H and O–H groups in total. The van der Waals surface area contributed by atoms with Gasteiger partial charge in [0.1, 0.15) is 12.4 Å². The molecular weight excluding hydrogens is 298 g/mol. The molecule has 0 atom stereocenters. The smallest absolute Gasteiger partial charge is 0.120 e. The maximum absolute atomic E-state index is 8.51. The maximum Gasteiger partial charge on any atom is 0.120 e. The number of nitrogens with one attached hydrogen (secondary N) is 1. The fourth-order valence-corrected chi connectivity index (χ4v) is 1.77. The lowest BCUT2D eigenvalue weighted by Crippen LogP contribution is -2.23. The molecule has 0 aromatic heterocycles. The third-order valence-corrected chi connectivity index (χ3v) is 2.71. The summed E-state index contributed by atoms with van der Waals surface area (Å²) in [7, 11) is 0. The predicted octanol–water partition coefficient (Wildman–Crippen LogP) is 1.82. The standard InChI is InChI=1S/C13H20BrNO3/c14-12-3-1-4-13(11-12)18-9-6-15-5-2-8-17-10-7-16/h1,3-4,11,15-16H,2,5-10H2. The summed E-state index contributed by atoms with van der Waals surface area (Å²) in [5.41, 5.74) is 0. The van der Waals surface area contributed by atoms with Crippen LogP contribution < -0.4 is 10.1 Å². The van der Waals surface area contributed by atoms with Crippen molar-refractivity contribution in [3.05, 3.63) is 28.7 Å². The highest BCUT2D eigenvalue weighted by Crippen LogP contribution is 2.17. The van der Waals surface area contributed by atoms with Crippen LogP contribution >= 0.6 is 15.9 Å². The third-order valence-electron chi connectivity index (χ3n) is 2.22. The molecule has 0 aliphatic carbocycles. The van der Waals surface area contributed by atoms with E-state index in [0.717, 1.165) is 29.7 Å². The summed E-state index contributed by atoms with van der Waals surface area (Å²) in [6.45, 7) is 3.55. The Kier molecular flexibility index (Phi) is 8.85. The summed E-state index contributed by atoms with van der Waals surface area (Å²) in [5.74, 6) is 0.873. The first kappa shape index (κ1) is 15.4. The Labute approximate surface area is 116 Å². The lowest BCUT2D eigenvalue weighted by Gasteiger charge is -2.08. The molecule has 0 heterocycles. The van der Waals surface area contributed by atoms with Crippen LogP contribution in [-0.2, 0) is 4.74 Å². The average Bonchev–Trinajstić information content (AvgIpc) is 2.37. The van der Waals surface area contributed by atoms with E-state index >= 15 is 0 Å². The molecule has 0 fully saturated rings. The minimum atomic E-state index is 0.0912. The Hall–Kier alpha value is -0.620. The van der Waals surface area contributed by atoms with Crippen LogP contribution in [0.25, 0.3) is 0 Å². The van der Waals surface area contributed by atoms with Crippen LogP contribution in [0.5, 0.6) is 5.75 Å². The van der Waals surface area contributed by atoms with Gasteiger partial charge in [0.15, 0.2) is 0 Å². The Balaban J connectivity index is 1.92. The van der Waals surface area contributed by atoms with Crippen molar-refractivity contribution in [2.24, 2.45) is 0 Å². The molecule has 0 bridgehead atoms. The summed E-state index contributed by atoms with van der Waals surface area (Å²) in [6, 6.07) is 7.80. The van der Waals surface area contributed by atoms with Gasteiger partial charge in [0.05, 0.1) is 13.2 Å². The first-order valence-electron chi connectivity index (χ1n) is 6.10. The van der Waals surface area contributed by atoms with Gasteiger partial charge in [-0.05, 0) is 31.2 Å². The van der Waals surface area contributed by atoms with E-state index in [1.54, 1.807) is 0 Å². The van der Waals surface area contributed by atoms with Crippen molar-refractivity contribution in [2.45, 2.75) is 6.42 Å². The van der Waals surface area contributed by atoms with Crippen molar-refractivity contribution < 1.29 is 14.6 Å². The average molecular weight is 318 g/mol. The van der Waals surface area contributed by atoms with Gasteiger partial charge in [-0.2, -0.15) is 0 Å². The molecule has 4 nitrogen and oxygen atoms in total. The van der Waals surface area contributed by atoms with Crippen molar-refractivity contribution in [1.82, 2.24) is 5.32 Å². The minimum Gasteiger partial charge on any atom is -0.492 e. The van der Waals surface area contributed by atoms with E-state index in [2.05, 4.69) is 21.2 Å². The largest absolute Gasteiger partial charge is 0.492 e. The van der Waals surface area contributed by atoms with Crippen LogP contribution in [0.2, 0.25) is 0 Å². The molecule has 0 amide bonds. The fourth-order valence-electron chi connectivity index (χ4n) is 1.39. The summed E-state index contributed by atoms with van der Waals surface area (Å²) in [6.07, 6.45) is 0.941. The molecule has 1 aromatic carbocycles. The van der Waals surface area contributed by atoms with Crippen LogP contribution in [0.1, 0.15) is 6.42 Å². The maximum atomic E-state index is 8.51. The van der Waals surface area contributed by atoms with Crippen LogP contribution in [-0.4, -0.2) is 44.6 Å².